The minimum atomic E-state index is -0.473. The second kappa shape index (κ2) is 7.88. The third-order valence-electron chi connectivity index (χ3n) is 4.04. The predicted molar refractivity (Wildman–Crippen MR) is 104 cm³/mol. The Labute approximate surface area is 160 Å². The van der Waals surface area contributed by atoms with Crippen molar-refractivity contribution < 1.29 is 9.72 Å². The summed E-state index contributed by atoms with van der Waals surface area (Å²) in [7, 11) is 0. The molecule has 0 saturated heterocycles. The SMILES string of the molecule is Cc1c(C(=O)N2CCN=C2SCc2cccc(Cl)c2)cccc1[N+](=O)[O-]. The van der Waals surface area contributed by atoms with Crippen molar-refractivity contribution in [3.05, 3.63) is 74.3 Å². The molecule has 2 aromatic carbocycles. The van der Waals surface area contributed by atoms with Crippen molar-refractivity contribution in [2.24, 2.45) is 4.99 Å². The molecule has 0 radical (unpaired) electrons. The van der Waals surface area contributed by atoms with E-state index in [0.717, 1.165) is 5.56 Å². The van der Waals surface area contributed by atoms with E-state index in [-0.39, 0.29) is 11.6 Å². The molecule has 0 aliphatic carbocycles. The molecule has 3 rings (SSSR count). The fraction of sp³-hybridized carbons (Fsp3) is 0.222. The number of nitro groups is 1. The van der Waals surface area contributed by atoms with Crippen LogP contribution in [0.3, 0.4) is 0 Å². The van der Waals surface area contributed by atoms with Crippen LogP contribution < -0.4 is 0 Å². The molecule has 26 heavy (non-hydrogen) atoms. The van der Waals surface area contributed by atoms with Crippen LogP contribution in [0.1, 0.15) is 21.5 Å². The van der Waals surface area contributed by atoms with Gasteiger partial charge in [-0.15, -0.1) is 0 Å². The summed E-state index contributed by atoms with van der Waals surface area (Å²) in [6, 6.07) is 12.1. The number of nitro benzene ring substituents is 1. The second-order valence-corrected chi connectivity index (χ2v) is 7.13. The summed E-state index contributed by atoms with van der Waals surface area (Å²) >= 11 is 7.45. The van der Waals surface area contributed by atoms with Gasteiger partial charge in [0.25, 0.3) is 11.6 Å². The largest absolute Gasteiger partial charge is 0.286 e. The van der Waals surface area contributed by atoms with Gasteiger partial charge in [0.05, 0.1) is 11.5 Å². The number of hydrogen-bond acceptors (Lipinski definition) is 5. The van der Waals surface area contributed by atoms with Gasteiger partial charge in [0.2, 0.25) is 0 Å². The molecule has 1 amide bonds. The zero-order valence-corrected chi connectivity index (χ0v) is 15.6. The lowest BCUT2D eigenvalue weighted by Gasteiger charge is -2.19. The van der Waals surface area contributed by atoms with Crippen LogP contribution in [0, 0.1) is 17.0 Å². The van der Waals surface area contributed by atoms with Gasteiger partial charge in [-0.2, -0.15) is 0 Å². The first-order valence-electron chi connectivity index (χ1n) is 7.95. The number of nitrogens with zero attached hydrogens (tertiary/aromatic N) is 3. The van der Waals surface area contributed by atoms with E-state index in [9.17, 15) is 14.9 Å². The van der Waals surface area contributed by atoms with Crippen LogP contribution in [-0.2, 0) is 5.75 Å². The highest BCUT2D eigenvalue weighted by Gasteiger charge is 2.28. The number of carbonyl (C=O) groups excluding carboxylic acids is 1. The molecule has 2 aromatic rings. The van der Waals surface area contributed by atoms with Gasteiger partial charge < -0.3 is 0 Å². The number of amidine groups is 1. The number of rotatable bonds is 4. The van der Waals surface area contributed by atoms with Crippen molar-refractivity contribution in [1.29, 1.82) is 0 Å². The first-order valence-corrected chi connectivity index (χ1v) is 9.31. The highest BCUT2D eigenvalue weighted by molar-refractivity contribution is 8.13. The molecule has 6 nitrogen and oxygen atoms in total. The van der Waals surface area contributed by atoms with E-state index in [0.29, 0.717) is 40.2 Å². The molecule has 1 heterocycles. The van der Waals surface area contributed by atoms with Crippen LogP contribution in [0.2, 0.25) is 5.02 Å². The number of hydrogen-bond donors (Lipinski definition) is 0. The van der Waals surface area contributed by atoms with Crippen LogP contribution in [-0.4, -0.2) is 34.0 Å². The van der Waals surface area contributed by atoms with Crippen molar-refractivity contribution >= 4 is 40.1 Å². The van der Waals surface area contributed by atoms with E-state index in [1.807, 2.05) is 24.3 Å². The molecule has 1 aliphatic rings. The van der Waals surface area contributed by atoms with Gasteiger partial charge in [-0.25, -0.2) is 0 Å². The van der Waals surface area contributed by atoms with Gasteiger partial charge >= 0.3 is 0 Å². The third kappa shape index (κ3) is 3.89. The van der Waals surface area contributed by atoms with Crippen molar-refractivity contribution in [3.8, 4) is 0 Å². The Hall–Kier alpha value is -2.38. The lowest BCUT2D eigenvalue weighted by molar-refractivity contribution is -0.385. The van der Waals surface area contributed by atoms with Gasteiger partial charge in [-0.1, -0.05) is 41.6 Å². The van der Waals surface area contributed by atoms with E-state index in [4.69, 9.17) is 11.6 Å². The molecule has 0 atom stereocenters. The zero-order valence-electron chi connectivity index (χ0n) is 14.0. The summed E-state index contributed by atoms with van der Waals surface area (Å²) in [6.45, 7) is 2.59. The first-order chi connectivity index (χ1) is 12.5. The summed E-state index contributed by atoms with van der Waals surface area (Å²) in [4.78, 5) is 29.5. The molecule has 0 aromatic heterocycles. The molecular formula is C18H16ClN3O3S. The lowest BCUT2D eigenvalue weighted by atomic mass is 10.1. The van der Waals surface area contributed by atoms with Gasteiger partial charge in [-0.3, -0.25) is 24.8 Å². The number of carbonyl (C=O) groups is 1. The average molecular weight is 390 g/mol. The maximum atomic E-state index is 12.9. The van der Waals surface area contributed by atoms with Crippen LogP contribution in [0.15, 0.2) is 47.5 Å². The smallest absolute Gasteiger partial charge is 0.273 e. The normalized spacial score (nSPS) is 13.6. The molecule has 0 bridgehead atoms. The number of benzene rings is 2. The molecule has 0 unspecified atom stereocenters. The molecule has 8 heteroatoms. The molecular weight excluding hydrogens is 374 g/mol. The minimum Gasteiger partial charge on any atom is -0.286 e. The van der Waals surface area contributed by atoms with Gasteiger partial charge in [0, 0.05) is 34.5 Å². The van der Waals surface area contributed by atoms with Crippen molar-refractivity contribution in [2.75, 3.05) is 13.1 Å². The standard InChI is InChI=1S/C18H16ClN3O3S/c1-12-15(6-3-7-16(12)22(24)25)17(23)21-9-8-20-18(21)26-11-13-4-2-5-14(19)10-13/h2-7,10H,8-9,11H2,1H3. The highest BCUT2D eigenvalue weighted by atomic mass is 35.5. The molecule has 0 spiro atoms. The van der Waals surface area contributed by atoms with E-state index < -0.39 is 4.92 Å². The minimum absolute atomic E-state index is 0.0554. The monoisotopic (exact) mass is 389 g/mol. The number of amides is 1. The maximum Gasteiger partial charge on any atom is 0.273 e. The zero-order chi connectivity index (χ0) is 18.7. The average Bonchev–Trinajstić information content (AvgIpc) is 3.08. The topological polar surface area (TPSA) is 75.8 Å². The number of aliphatic imine (C=N–C) groups is 1. The van der Waals surface area contributed by atoms with Gasteiger partial charge in [-0.05, 0) is 30.7 Å². The van der Waals surface area contributed by atoms with Crippen LogP contribution in [0.25, 0.3) is 0 Å². The molecule has 134 valence electrons. The summed E-state index contributed by atoms with van der Waals surface area (Å²) in [5, 5.41) is 12.4. The van der Waals surface area contributed by atoms with Gasteiger partial charge in [0.1, 0.15) is 0 Å². The van der Waals surface area contributed by atoms with Gasteiger partial charge in [0.15, 0.2) is 5.17 Å². The summed E-state index contributed by atoms with van der Waals surface area (Å²) in [5.41, 5.74) is 1.68. The van der Waals surface area contributed by atoms with E-state index in [2.05, 4.69) is 4.99 Å². The Balaban J connectivity index is 1.76. The predicted octanol–water partition coefficient (Wildman–Crippen LogP) is 4.30. The third-order valence-corrected chi connectivity index (χ3v) is 5.36. The second-order valence-electron chi connectivity index (χ2n) is 5.75. The Morgan fingerprint density at radius 3 is 2.85 bits per heavy atom. The molecule has 0 fully saturated rings. The van der Waals surface area contributed by atoms with E-state index in [1.165, 1.54) is 23.9 Å². The molecule has 0 saturated carbocycles. The Morgan fingerprint density at radius 2 is 2.12 bits per heavy atom. The molecule has 1 aliphatic heterocycles. The number of thioether (sulfide) groups is 1. The first kappa shape index (κ1) is 18.4. The fourth-order valence-corrected chi connectivity index (χ4v) is 3.91. The quantitative estimate of drug-likeness (QED) is 0.577. The molecule has 0 N–H and O–H groups in total. The fourth-order valence-electron chi connectivity index (χ4n) is 2.71. The highest BCUT2D eigenvalue weighted by Crippen LogP contribution is 2.26. The van der Waals surface area contributed by atoms with E-state index >= 15 is 0 Å². The Morgan fingerprint density at radius 1 is 1.35 bits per heavy atom. The summed E-state index contributed by atoms with van der Waals surface area (Å²) in [5.74, 6) is 0.373. The summed E-state index contributed by atoms with van der Waals surface area (Å²) in [6.07, 6.45) is 0. The van der Waals surface area contributed by atoms with Crippen molar-refractivity contribution in [2.45, 2.75) is 12.7 Å². The maximum absolute atomic E-state index is 12.9. The Bertz CT molecular complexity index is 901. The van der Waals surface area contributed by atoms with Crippen LogP contribution >= 0.6 is 23.4 Å². The summed E-state index contributed by atoms with van der Waals surface area (Å²) < 4.78 is 0. The lowest BCUT2D eigenvalue weighted by Crippen LogP contribution is -2.33. The van der Waals surface area contributed by atoms with E-state index in [1.54, 1.807) is 17.9 Å². The Kier molecular flexibility index (Phi) is 5.58. The van der Waals surface area contributed by atoms with Crippen molar-refractivity contribution in [3.63, 3.8) is 0 Å². The van der Waals surface area contributed by atoms with Crippen LogP contribution in [0.4, 0.5) is 5.69 Å². The van der Waals surface area contributed by atoms with Crippen LogP contribution in [0.5, 0.6) is 0 Å². The number of halogens is 1. The van der Waals surface area contributed by atoms with Crippen molar-refractivity contribution in [1.82, 2.24) is 4.90 Å².